The molecule has 33 heavy (non-hydrogen) atoms. The van der Waals surface area contributed by atoms with Crippen LogP contribution in [0.1, 0.15) is 32.6 Å². The van der Waals surface area contributed by atoms with Gasteiger partial charge in [0.25, 0.3) is 11.6 Å². The van der Waals surface area contributed by atoms with Crippen LogP contribution in [0.25, 0.3) is 0 Å². The van der Waals surface area contributed by atoms with E-state index >= 15 is 0 Å². The van der Waals surface area contributed by atoms with Gasteiger partial charge in [0.1, 0.15) is 12.4 Å². The molecule has 7 nitrogen and oxygen atoms in total. The summed E-state index contributed by atoms with van der Waals surface area (Å²) in [5.41, 5.74) is 5.94. The zero-order valence-corrected chi connectivity index (χ0v) is 19.6. The van der Waals surface area contributed by atoms with Gasteiger partial charge in [-0.3, -0.25) is 14.9 Å². The maximum absolute atomic E-state index is 13.5. The van der Waals surface area contributed by atoms with Gasteiger partial charge in [0.15, 0.2) is 0 Å². The fourth-order valence-electron chi connectivity index (χ4n) is 4.59. The van der Waals surface area contributed by atoms with Crippen molar-refractivity contribution in [3.05, 3.63) is 92.5 Å². The molecule has 1 atom stereocenters. The highest BCUT2D eigenvalue weighted by atomic mass is 79.9. The Balaban J connectivity index is 1.42. The monoisotopic (exact) mass is 507 g/mol. The van der Waals surface area contributed by atoms with Crippen LogP contribution >= 0.6 is 15.9 Å². The summed E-state index contributed by atoms with van der Waals surface area (Å²) in [6.45, 7) is 2.74. The molecule has 168 valence electrons. The third-order valence-corrected chi connectivity index (χ3v) is 6.81. The van der Waals surface area contributed by atoms with E-state index in [4.69, 9.17) is 4.74 Å². The van der Waals surface area contributed by atoms with Gasteiger partial charge in [0.2, 0.25) is 0 Å². The third kappa shape index (κ3) is 3.95. The van der Waals surface area contributed by atoms with Crippen molar-refractivity contribution in [2.24, 2.45) is 0 Å². The highest BCUT2D eigenvalue weighted by Crippen LogP contribution is 2.38. The Hall–Kier alpha value is -3.39. The number of carbonyl (C=O) groups is 1. The molecule has 0 saturated carbocycles. The van der Waals surface area contributed by atoms with E-state index in [1.807, 2.05) is 48.2 Å². The number of carbonyl (C=O) groups excluding carboxylic acids is 1. The fourth-order valence-corrected chi connectivity index (χ4v) is 4.92. The lowest BCUT2D eigenvalue weighted by molar-refractivity contribution is -0.385. The Morgan fingerprint density at radius 2 is 1.97 bits per heavy atom. The molecule has 3 aromatic carbocycles. The molecule has 1 amide bonds. The molecule has 0 aromatic heterocycles. The molecule has 0 radical (unpaired) electrons. The number of ether oxygens (including phenoxy) is 1. The van der Waals surface area contributed by atoms with Gasteiger partial charge in [0.05, 0.1) is 22.2 Å². The minimum Gasteiger partial charge on any atom is -0.489 e. The number of non-ortho nitro benzene ring substituents is 1. The van der Waals surface area contributed by atoms with Crippen molar-refractivity contribution < 1.29 is 14.5 Å². The van der Waals surface area contributed by atoms with Gasteiger partial charge in [-0.25, -0.2) is 0 Å². The number of benzene rings is 3. The summed E-state index contributed by atoms with van der Waals surface area (Å²) in [5.74, 6) is 0.628. The second kappa shape index (κ2) is 8.51. The SMILES string of the molecule is Cc1cc2c(cc1OCc1cc(CBr)cc([N+](=O)[O-])c1)NC[C@@H]1Cc3ccccc3N1C2=O. The van der Waals surface area contributed by atoms with E-state index in [9.17, 15) is 14.9 Å². The molecule has 0 spiro atoms. The maximum atomic E-state index is 13.5. The lowest BCUT2D eigenvalue weighted by Crippen LogP contribution is -2.39. The second-order valence-corrected chi connectivity index (χ2v) is 8.95. The fraction of sp³-hybridized carbons (Fsp3) is 0.240. The highest BCUT2D eigenvalue weighted by Gasteiger charge is 2.37. The van der Waals surface area contributed by atoms with Gasteiger partial charge in [-0.05, 0) is 47.7 Å². The van der Waals surface area contributed by atoms with Crippen molar-refractivity contribution in [1.82, 2.24) is 0 Å². The van der Waals surface area contributed by atoms with E-state index in [0.717, 1.165) is 28.9 Å². The molecule has 8 heteroatoms. The van der Waals surface area contributed by atoms with Gasteiger partial charge in [0, 0.05) is 35.8 Å². The minimum atomic E-state index is -0.400. The first-order valence-corrected chi connectivity index (χ1v) is 11.8. The van der Waals surface area contributed by atoms with Crippen LogP contribution in [0, 0.1) is 17.0 Å². The molecule has 0 saturated heterocycles. The number of nitrogens with zero attached hydrogens (tertiary/aromatic N) is 2. The average molecular weight is 508 g/mol. The van der Waals surface area contributed by atoms with Gasteiger partial charge < -0.3 is 15.0 Å². The summed E-state index contributed by atoms with van der Waals surface area (Å²) in [6.07, 6.45) is 0.827. The second-order valence-electron chi connectivity index (χ2n) is 8.39. The van der Waals surface area contributed by atoms with E-state index in [1.165, 1.54) is 11.6 Å². The standard InChI is InChI=1S/C25H22BrN3O4/c1-15-6-21-22(27-13-20-10-18-4-2-3-5-23(18)28(20)25(21)30)11-24(15)33-14-17-7-16(12-26)8-19(9-17)29(31)32/h2-9,11,20,27H,10,12-14H2,1H3/t20-/m0/s1. The number of alkyl halides is 1. The number of hydrogen-bond donors (Lipinski definition) is 1. The molecule has 2 aliphatic rings. The van der Waals surface area contributed by atoms with E-state index in [1.54, 1.807) is 6.07 Å². The minimum absolute atomic E-state index is 0.0137. The number of hydrogen-bond acceptors (Lipinski definition) is 5. The lowest BCUT2D eigenvalue weighted by Gasteiger charge is -2.22. The van der Waals surface area contributed by atoms with Crippen LogP contribution in [0.4, 0.5) is 17.1 Å². The van der Waals surface area contributed by atoms with Crippen LogP contribution in [0.15, 0.2) is 54.6 Å². The van der Waals surface area contributed by atoms with E-state index < -0.39 is 4.92 Å². The predicted octanol–water partition coefficient (Wildman–Crippen LogP) is 5.37. The molecule has 0 fully saturated rings. The summed E-state index contributed by atoms with van der Waals surface area (Å²) in [4.78, 5) is 26.2. The van der Waals surface area contributed by atoms with Crippen molar-refractivity contribution in [1.29, 1.82) is 0 Å². The zero-order chi connectivity index (χ0) is 23.1. The predicted molar refractivity (Wildman–Crippen MR) is 130 cm³/mol. The largest absolute Gasteiger partial charge is 0.489 e. The molecule has 2 aliphatic heterocycles. The molecule has 5 rings (SSSR count). The summed E-state index contributed by atoms with van der Waals surface area (Å²) in [6, 6.07) is 16.8. The van der Waals surface area contributed by atoms with Crippen molar-refractivity contribution in [2.45, 2.75) is 31.3 Å². The maximum Gasteiger partial charge on any atom is 0.270 e. The highest BCUT2D eigenvalue weighted by molar-refractivity contribution is 9.08. The van der Waals surface area contributed by atoms with Gasteiger partial charge in [-0.1, -0.05) is 40.2 Å². The normalized spacial score (nSPS) is 16.4. The number of aryl methyl sites for hydroxylation is 1. The number of rotatable bonds is 5. The van der Waals surface area contributed by atoms with Crippen molar-refractivity contribution >= 4 is 38.9 Å². The van der Waals surface area contributed by atoms with Crippen LogP contribution < -0.4 is 15.0 Å². The zero-order valence-electron chi connectivity index (χ0n) is 18.0. The topological polar surface area (TPSA) is 84.7 Å². The molecule has 0 aliphatic carbocycles. The van der Waals surface area contributed by atoms with Crippen molar-refractivity contribution in [3.8, 4) is 5.75 Å². The smallest absolute Gasteiger partial charge is 0.270 e. The van der Waals surface area contributed by atoms with Crippen LogP contribution in [0.5, 0.6) is 5.75 Å². The number of nitro groups is 1. The van der Waals surface area contributed by atoms with E-state index in [0.29, 0.717) is 28.8 Å². The molecule has 0 bridgehead atoms. The summed E-state index contributed by atoms with van der Waals surface area (Å²) in [7, 11) is 0. The van der Waals surface area contributed by atoms with Gasteiger partial charge in [-0.2, -0.15) is 0 Å². The number of nitrogens with one attached hydrogen (secondary N) is 1. The first-order valence-electron chi connectivity index (χ1n) is 10.7. The summed E-state index contributed by atoms with van der Waals surface area (Å²) < 4.78 is 6.05. The van der Waals surface area contributed by atoms with Crippen LogP contribution in [0.2, 0.25) is 0 Å². The number of amides is 1. The van der Waals surface area contributed by atoms with Crippen LogP contribution in [-0.4, -0.2) is 23.4 Å². The average Bonchev–Trinajstić information content (AvgIpc) is 3.14. The third-order valence-electron chi connectivity index (χ3n) is 6.16. The van der Waals surface area contributed by atoms with Gasteiger partial charge in [-0.15, -0.1) is 0 Å². The van der Waals surface area contributed by atoms with E-state index in [2.05, 4.69) is 27.3 Å². The molecule has 3 aromatic rings. The summed E-state index contributed by atoms with van der Waals surface area (Å²) >= 11 is 3.36. The molecule has 1 N–H and O–H groups in total. The molecule has 2 heterocycles. The van der Waals surface area contributed by atoms with Gasteiger partial charge >= 0.3 is 0 Å². The number of nitro benzene ring substituents is 1. The Morgan fingerprint density at radius 1 is 1.18 bits per heavy atom. The molecule has 0 unspecified atom stereocenters. The van der Waals surface area contributed by atoms with Crippen LogP contribution in [-0.2, 0) is 18.4 Å². The Labute approximate surface area is 199 Å². The Morgan fingerprint density at radius 3 is 2.76 bits per heavy atom. The van der Waals surface area contributed by atoms with Crippen LogP contribution in [0.3, 0.4) is 0 Å². The first kappa shape index (κ1) is 21.5. The summed E-state index contributed by atoms with van der Waals surface area (Å²) in [5, 5.41) is 15.2. The molecular weight excluding hydrogens is 486 g/mol. The lowest BCUT2D eigenvalue weighted by atomic mass is 10.1. The number of anilines is 2. The Kier molecular flexibility index (Phi) is 5.54. The van der Waals surface area contributed by atoms with Crippen molar-refractivity contribution in [2.75, 3.05) is 16.8 Å². The Bertz CT molecular complexity index is 1280. The van der Waals surface area contributed by atoms with E-state index in [-0.39, 0.29) is 24.2 Å². The number of para-hydroxylation sites is 1. The quantitative estimate of drug-likeness (QED) is 0.285. The number of fused-ring (bicyclic) bond motifs is 4. The first-order chi connectivity index (χ1) is 15.9. The number of halogens is 1. The van der Waals surface area contributed by atoms with Crippen molar-refractivity contribution in [3.63, 3.8) is 0 Å². The molecular formula is C25H22BrN3O4.